The number of nitrogens with one attached hydrogen (secondary N) is 1. The van der Waals surface area contributed by atoms with Crippen LogP contribution >= 0.6 is 23.2 Å². The third-order valence-electron chi connectivity index (χ3n) is 2.40. The molecule has 0 aliphatic rings. The van der Waals surface area contributed by atoms with E-state index in [1.54, 1.807) is 38.5 Å². The molecule has 0 unspecified atom stereocenters. The van der Waals surface area contributed by atoms with Crippen molar-refractivity contribution in [2.45, 2.75) is 0 Å². The monoisotopic (exact) mass is 299 g/mol. The van der Waals surface area contributed by atoms with E-state index in [0.29, 0.717) is 22.9 Å². The maximum absolute atomic E-state index is 5.95. The van der Waals surface area contributed by atoms with E-state index in [-0.39, 0.29) is 10.3 Å². The summed E-state index contributed by atoms with van der Waals surface area (Å²) in [6.45, 7) is 0. The molecule has 2 aromatic rings. The second kappa shape index (κ2) is 5.95. The number of nitrogens with zero attached hydrogens (tertiary/aromatic N) is 2. The minimum Gasteiger partial charge on any atom is -0.497 e. The highest BCUT2D eigenvalue weighted by Gasteiger charge is 2.09. The molecule has 7 heteroatoms. The fraction of sp³-hybridized carbons (Fsp3) is 0.167. The molecule has 0 fully saturated rings. The lowest BCUT2D eigenvalue weighted by Crippen LogP contribution is -1.98. The summed E-state index contributed by atoms with van der Waals surface area (Å²) < 4.78 is 10.4. The van der Waals surface area contributed by atoms with Crippen LogP contribution in [0.4, 0.5) is 11.4 Å². The quantitative estimate of drug-likeness (QED) is 0.936. The summed E-state index contributed by atoms with van der Waals surface area (Å²) in [6, 6.07) is 6.94. The Morgan fingerprint density at radius 1 is 1.00 bits per heavy atom. The SMILES string of the molecule is COc1ccc(OC)c(Nc2cc(Cl)nnc2Cl)c1. The van der Waals surface area contributed by atoms with E-state index in [2.05, 4.69) is 15.5 Å². The van der Waals surface area contributed by atoms with Gasteiger partial charge in [0.1, 0.15) is 11.5 Å². The summed E-state index contributed by atoms with van der Waals surface area (Å²) in [5.74, 6) is 1.33. The van der Waals surface area contributed by atoms with Crippen LogP contribution in [0, 0.1) is 0 Å². The van der Waals surface area contributed by atoms with Gasteiger partial charge >= 0.3 is 0 Å². The van der Waals surface area contributed by atoms with Gasteiger partial charge in [-0.1, -0.05) is 23.2 Å². The number of methoxy groups -OCH3 is 2. The van der Waals surface area contributed by atoms with Gasteiger partial charge in [-0.05, 0) is 12.1 Å². The molecule has 19 heavy (non-hydrogen) atoms. The predicted octanol–water partition coefficient (Wildman–Crippen LogP) is 3.54. The van der Waals surface area contributed by atoms with E-state index >= 15 is 0 Å². The first kappa shape index (κ1) is 13.7. The molecule has 0 spiro atoms. The van der Waals surface area contributed by atoms with Gasteiger partial charge in [0.05, 0.1) is 25.6 Å². The molecule has 1 heterocycles. The molecule has 100 valence electrons. The second-order valence-electron chi connectivity index (χ2n) is 3.56. The maximum Gasteiger partial charge on any atom is 0.175 e. The first-order valence-corrected chi connectivity index (χ1v) is 6.07. The molecular weight excluding hydrogens is 289 g/mol. The lowest BCUT2D eigenvalue weighted by molar-refractivity contribution is 0.405. The number of ether oxygens (including phenoxy) is 2. The molecule has 1 aromatic carbocycles. The van der Waals surface area contributed by atoms with Gasteiger partial charge in [0, 0.05) is 12.1 Å². The van der Waals surface area contributed by atoms with Crippen LogP contribution in [-0.2, 0) is 0 Å². The standard InChI is InChI=1S/C12H11Cl2N3O2/c1-18-7-3-4-10(19-2)8(5-7)15-9-6-11(13)16-17-12(9)14/h3-6H,1-2H3,(H,15,16). The van der Waals surface area contributed by atoms with Gasteiger partial charge in [-0.3, -0.25) is 0 Å². The van der Waals surface area contributed by atoms with Crippen LogP contribution in [0.1, 0.15) is 0 Å². The fourth-order valence-corrected chi connectivity index (χ4v) is 1.78. The van der Waals surface area contributed by atoms with E-state index in [0.717, 1.165) is 0 Å². The van der Waals surface area contributed by atoms with Crippen molar-refractivity contribution in [1.82, 2.24) is 10.2 Å². The Labute approximate surface area is 120 Å². The zero-order valence-corrected chi connectivity index (χ0v) is 11.8. The summed E-state index contributed by atoms with van der Waals surface area (Å²) in [5, 5.41) is 10.9. The molecule has 0 radical (unpaired) electrons. The predicted molar refractivity (Wildman–Crippen MR) is 74.9 cm³/mol. The average Bonchev–Trinajstić information content (AvgIpc) is 2.42. The van der Waals surface area contributed by atoms with Gasteiger partial charge in [0.25, 0.3) is 0 Å². The lowest BCUT2D eigenvalue weighted by atomic mass is 10.2. The van der Waals surface area contributed by atoms with E-state index in [9.17, 15) is 0 Å². The molecule has 0 amide bonds. The fourth-order valence-electron chi connectivity index (χ4n) is 1.50. The van der Waals surface area contributed by atoms with Gasteiger partial charge in [-0.15, -0.1) is 10.2 Å². The molecule has 1 N–H and O–H groups in total. The molecule has 0 saturated heterocycles. The highest BCUT2D eigenvalue weighted by molar-refractivity contribution is 6.33. The zero-order valence-electron chi connectivity index (χ0n) is 10.3. The number of hydrogen-bond acceptors (Lipinski definition) is 5. The van der Waals surface area contributed by atoms with Crippen LogP contribution in [0.3, 0.4) is 0 Å². The van der Waals surface area contributed by atoms with Crippen molar-refractivity contribution in [2.75, 3.05) is 19.5 Å². The molecular formula is C12H11Cl2N3O2. The van der Waals surface area contributed by atoms with E-state index < -0.39 is 0 Å². The number of anilines is 2. The van der Waals surface area contributed by atoms with Crippen LogP contribution < -0.4 is 14.8 Å². The van der Waals surface area contributed by atoms with Crippen molar-refractivity contribution in [3.8, 4) is 11.5 Å². The Morgan fingerprint density at radius 2 is 1.79 bits per heavy atom. The molecule has 5 nitrogen and oxygen atoms in total. The number of benzene rings is 1. The van der Waals surface area contributed by atoms with Crippen LogP contribution in [-0.4, -0.2) is 24.4 Å². The molecule has 0 saturated carbocycles. The second-order valence-corrected chi connectivity index (χ2v) is 4.31. The Balaban J connectivity index is 2.38. The molecule has 0 aliphatic heterocycles. The topological polar surface area (TPSA) is 56.3 Å². The number of halogens is 2. The summed E-state index contributed by atoms with van der Waals surface area (Å²) in [7, 11) is 3.16. The van der Waals surface area contributed by atoms with Crippen LogP contribution in [0.25, 0.3) is 0 Å². The summed E-state index contributed by atoms with van der Waals surface area (Å²) in [4.78, 5) is 0. The smallest absolute Gasteiger partial charge is 0.175 e. The minimum absolute atomic E-state index is 0.217. The Kier molecular flexibility index (Phi) is 4.29. The first-order chi connectivity index (χ1) is 9.13. The Bertz CT molecular complexity index is 593. The van der Waals surface area contributed by atoms with Crippen molar-refractivity contribution in [3.63, 3.8) is 0 Å². The van der Waals surface area contributed by atoms with E-state index in [4.69, 9.17) is 32.7 Å². The average molecular weight is 300 g/mol. The van der Waals surface area contributed by atoms with Crippen molar-refractivity contribution < 1.29 is 9.47 Å². The molecule has 1 aromatic heterocycles. The normalized spacial score (nSPS) is 10.1. The van der Waals surface area contributed by atoms with Crippen molar-refractivity contribution >= 4 is 34.6 Å². The van der Waals surface area contributed by atoms with Gasteiger partial charge in [0.2, 0.25) is 0 Å². The molecule has 2 rings (SSSR count). The van der Waals surface area contributed by atoms with Crippen molar-refractivity contribution in [2.24, 2.45) is 0 Å². The first-order valence-electron chi connectivity index (χ1n) is 5.32. The third kappa shape index (κ3) is 3.19. The summed E-state index contributed by atoms with van der Waals surface area (Å²) in [5.41, 5.74) is 1.22. The summed E-state index contributed by atoms with van der Waals surface area (Å²) >= 11 is 11.7. The zero-order chi connectivity index (χ0) is 13.8. The maximum atomic E-state index is 5.95. The van der Waals surface area contributed by atoms with Gasteiger partial charge in [-0.2, -0.15) is 0 Å². The van der Waals surface area contributed by atoms with E-state index in [1.165, 1.54) is 0 Å². The van der Waals surface area contributed by atoms with Crippen LogP contribution in [0.5, 0.6) is 11.5 Å². The van der Waals surface area contributed by atoms with Gasteiger partial charge < -0.3 is 14.8 Å². The van der Waals surface area contributed by atoms with Gasteiger partial charge in [0.15, 0.2) is 10.3 Å². The number of hydrogen-bond donors (Lipinski definition) is 1. The highest BCUT2D eigenvalue weighted by atomic mass is 35.5. The number of rotatable bonds is 4. The van der Waals surface area contributed by atoms with Crippen molar-refractivity contribution in [3.05, 3.63) is 34.6 Å². The summed E-state index contributed by atoms with van der Waals surface area (Å²) in [6.07, 6.45) is 0. The Hall–Kier alpha value is -1.72. The minimum atomic E-state index is 0.217. The van der Waals surface area contributed by atoms with Crippen molar-refractivity contribution in [1.29, 1.82) is 0 Å². The molecule has 0 bridgehead atoms. The number of aromatic nitrogens is 2. The third-order valence-corrected chi connectivity index (χ3v) is 2.86. The lowest BCUT2D eigenvalue weighted by Gasteiger charge is -2.13. The van der Waals surface area contributed by atoms with E-state index in [1.807, 2.05) is 0 Å². The van der Waals surface area contributed by atoms with Crippen LogP contribution in [0.15, 0.2) is 24.3 Å². The highest BCUT2D eigenvalue weighted by Crippen LogP contribution is 2.33. The molecule has 0 aliphatic carbocycles. The largest absolute Gasteiger partial charge is 0.497 e. The van der Waals surface area contributed by atoms with Crippen LogP contribution in [0.2, 0.25) is 10.3 Å². The molecule has 0 atom stereocenters. The van der Waals surface area contributed by atoms with Gasteiger partial charge in [-0.25, -0.2) is 0 Å². The Morgan fingerprint density at radius 3 is 2.47 bits per heavy atom.